The molecular formula is C26H28N2O3S. The van der Waals surface area contributed by atoms with Crippen LogP contribution in [0.5, 0.6) is 0 Å². The second kappa shape index (κ2) is 7.69. The number of esters is 1. The van der Waals surface area contributed by atoms with Gasteiger partial charge in [0.25, 0.3) is 5.91 Å². The summed E-state index contributed by atoms with van der Waals surface area (Å²) in [6.07, 6.45) is 3.16. The van der Waals surface area contributed by atoms with Crippen molar-refractivity contribution in [2.24, 2.45) is 10.8 Å². The van der Waals surface area contributed by atoms with E-state index >= 15 is 0 Å². The van der Waals surface area contributed by atoms with Crippen LogP contribution in [0.4, 0.5) is 0 Å². The molecule has 1 aliphatic carbocycles. The number of carbonyl (C=O) groups excluding carboxylic acids is 2. The van der Waals surface area contributed by atoms with Crippen molar-refractivity contribution in [1.82, 2.24) is 9.88 Å². The van der Waals surface area contributed by atoms with Gasteiger partial charge in [-0.2, -0.15) is 0 Å². The Morgan fingerprint density at radius 1 is 1.09 bits per heavy atom. The smallest absolute Gasteiger partial charge is 0.339 e. The molecule has 2 aromatic carbocycles. The Morgan fingerprint density at radius 2 is 1.84 bits per heavy atom. The third-order valence-corrected chi connectivity index (χ3v) is 7.80. The zero-order valence-electron chi connectivity index (χ0n) is 18.8. The summed E-state index contributed by atoms with van der Waals surface area (Å²) in [5.41, 5.74) is 2.47. The minimum absolute atomic E-state index is 0.0951. The predicted molar refractivity (Wildman–Crippen MR) is 127 cm³/mol. The molecule has 166 valence electrons. The molecule has 6 heteroatoms. The van der Waals surface area contributed by atoms with Crippen LogP contribution in [0.3, 0.4) is 0 Å². The zero-order chi connectivity index (χ0) is 22.5. The molecule has 1 aliphatic heterocycles. The molecule has 1 saturated heterocycles. The second-order valence-corrected chi connectivity index (χ2v) is 11.4. The number of aromatic nitrogens is 1. The third-order valence-electron chi connectivity index (χ3n) is 6.73. The van der Waals surface area contributed by atoms with Crippen LogP contribution in [-0.4, -0.2) is 41.0 Å². The normalized spacial score (nSPS) is 24.0. The van der Waals surface area contributed by atoms with Gasteiger partial charge in [-0.1, -0.05) is 51.1 Å². The van der Waals surface area contributed by atoms with Gasteiger partial charge in [0, 0.05) is 18.2 Å². The number of benzene rings is 2. The monoisotopic (exact) mass is 448 g/mol. The predicted octanol–water partition coefficient (Wildman–Crippen LogP) is 5.55. The van der Waals surface area contributed by atoms with E-state index < -0.39 is 5.97 Å². The number of thiazole rings is 1. The molecule has 5 rings (SSSR count). The lowest BCUT2D eigenvalue weighted by molar-refractivity contribution is -0.135. The van der Waals surface area contributed by atoms with E-state index in [0.29, 0.717) is 5.56 Å². The van der Waals surface area contributed by atoms with E-state index in [9.17, 15) is 9.59 Å². The van der Waals surface area contributed by atoms with Crippen LogP contribution in [-0.2, 0) is 9.53 Å². The first-order chi connectivity index (χ1) is 15.2. The Bertz CT molecular complexity index is 1170. The van der Waals surface area contributed by atoms with E-state index in [-0.39, 0.29) is 29.4 Å². The van der Waals surface area contributed by atoms with Gasteiger partial charge in [-0.05, 0) is 48.3 Å². The van der Waals surface area contributed by atoms with Crippen molar-refractivity contribution in [3.05, 3.63) is 54.1 Å². The highest BCUT2D eigenvalue weighted by Crippen LogP contribution is 2.52. The maximum absolute atomic E-state index is 13.0. The Hall–Kier alpha value is -2.73. The summed E-state index contributed by atoms with van der Waals surface area (Å²) in [5.74, 6) is -0.579. The maximum Gasteiger partial charge on any atom is 0.339 e. The number of rotatable bonds is 4. The molecule has 2 heterocycles. The molecule has 0 radical (unpaired) electrons. The fourth-order valence-electron chi connectivity index (χ4n) is 5.87. The lowest BCUT2D eigenvalue weighted by atomic mass is 9.65. The number of ether oxygens (including phenoxy) is 1. The molecule has 1 amide bonds. The first kappa shape index (κ1) is 21.1. The number of carbonyl (C=O) groups is 2. The molecule has 1 aromatic heterocycles. The van der Waals surface area contributed by atoms with Crippen LogP contribution in [0.25, 0.3) is 20.8 Å². The van der Waals surface area contributed by atoms with E-state index in [1.807, 2.05) is 47.4 Å². The van der Waals surface area contributed by atoms with E-state index in [1.165, 1.54) is 0 Å². The van der Waals surface area contributed by atoms with Crippen LogP contribution >= 0.6 is 11.3 Å². The van der Waals surface area contributed by atoms with Crippen molar-refractivity contribution in [3.63, 3.8) is 0 Å². The third kappa shape index (κ3) is 3.92. The van der Waals surface area contributed by atoms with Gasteiger partial charge in [0.15, 0.2) is 6.61 Å². The summed E-state index contributed by atoms with van der Waals surface area (Å²) in [6.45, 7) is 7.36. The lowest BCUT2D eigenvalue weighted by Gasteiger charge is -2.39. The van der Waals surface area contributed by atoms with Crippen LogP contribution < -0.4 is 0 Å². The molecule has 2 aliphatic rings. The molecule has 5 nitrogen and oxygen atoms in total. The minimum Gasteiger partial charge on any atom is -0.452 e. The van der Waals surface area contributed by atoms with Gasteiger partial charge in [-0.25, -0.2) is 9.78 Å². The number of likely N-dealkylation sites (tertiary alicyclic amines) is 1. The van der Waals surface area contributed by atoms with Gasteiger partial charge in [-0.15, -0.1) is 11.3 Å². The van der Waals surface area contributed by atoms with Crippen molar-refractivity contribution in [2.75, 3.05) is 13.2 Å². The molecule has 3 aromatic rings. The molecule has 32 heavy (non-hydrogen) atoms. The quantitative estimate of drug-likeness (QED) is 0.491. The van der Waals surface area contributed by atoms with E-state index in [0.717, 1.165) is 46.6 Å². The van der Waals surface area contributed by atoms with Gasteiger partial charge in [0.05, 0.1) is 15.8 Å². The Morgan fingerprint density at radius 3 is 2.66 bits per heavy atom. The molecular weight excluding hydrogens is 420 g/mol. The highest BCUT2D eigenvalue weighted by atomic mass is 32.1. The molecule has 2 unspecified atom stereocenters. The van der Waals surface area contributed by atoms with Crippen molar-refractivity contribution in [1.29, 1.82) is 0 Å². The molecule has 2 bridgehead atoms. The fraction of sp³-hybridized carbons (Fsp3) is 0.423. The summed E-state index contributed by atoms with van der Waals surface area (Å²) in [6, 6.07) is 15.5. The van der Waals surface area contributed by atoms with Crippen LogP contribution in [0.2, 0.25) is 0 Å². The average Bonchev–Trinajstić information content (AvgIpc) is 3.29. The van der Waals surface area contributed by atoms with Crippen molar-refractivity contribution in [2.45, 2.75) is 46.1 Å². The summed E-state index contributed by atoms with van der Waals surface area (Å²) in [7, 11) is 0. The Labute approximate surface area is 192 Å². The highest BCUT2D eigenvalue weighted by molar-refractivity contribution is 7.21. The first-order valence-corrected chi connectivity index (χ1v) is 12.0. The number of amides is 1. The Kier molecular flexibility index (Phi) is 5.08. The standard InChI is InChI=1S/C26H28N2O3S/c1-25(2)12-17-13-26(3,15-25)16-28(17)22(29)14-31-24(30)19-9-5-4-8-18(19)23-27-20-10-6-7-11-21(20)32-23/h4-11,17H,12-16H2,1-3H3. The van der Waals surface area contributed by atoms with Crippen LogP contribution in [0.1, 0.15) is 50.4 Å². The van der Waals surface area contributed by atoms with Crippen molar-refractivity contribution >= 4 is 33.4 Å². The van der Waals surface area contributed by atoms with Crippen LogP contribution in [0.15, 0.2) is 48.5 Å². The van der Waals surface area contributed by atoms with Gasteiger partial charge in [0.1, 0.15) is 5.01 Å². The zero-order valence-corrected chi connectivity index (χ0v) is 19.6. The van der Waals surface area contributed by atoms with Crippen molar-refractivity contribution < 1.29 is 14.3 Å². The number of fused-ring (bicyclic) bond motifs is 3. The van der Waals surface area contributed by atoms with Gasteiger partial charge < -0.3 is 9.64 Å². The molecule has 0 spiro atoms. The number of nitrogens with zero attached hydrogens (tertiary/aromatic N) is 2. The van der Waals surface area contributed by atoms with Crippen molar-refractivity contribution in [3.8, 4) is 10.6 Å². The largest absolute Gasteiger partial charge is 0.452 e. The fourth-order valence-corrected chi connectivity index (χ4v) is 6.88. The molecule has 2 fully saturated rings. The summed E-state index contributed by atoms with van der Waals surface area (Å²) in [4.78, 5) is 32.6. The van der Waals surface area contributed by atoms with Crippen LogP contribution in [0, 0.1) is 10.8 Å². The van der Waals surface area contributed by atoms with E-state index in [4.69, 9.17) is 4.74 Å². The lowest BCUT2D eigenvalue weighted by Crippen LogP contribution is -2.39. The summed E-state index contributed by atoms with van der Waals surface area (Å²) in [5, 5.41) is 0.772. The van der Waals surface area contributed by atoms with E-state index in [1.54, 1.807) is 17.4 Å². The Balaban J connectivity index is 1.31. The molecule has 1 saturated carbocycles. The maximum atomic E-state index is 13.0. The summed E-state index contributed by atoms with van der Waals surface area (Å²) < 4.78 is 6.59. The first-order valence-electron chi connectivity index (χ1n) is 11.1. The summed E-state index contributed by atoms with van der Waals surface area (Å²) >= 11 is 1.54. The topological polar surface area (TPSA) is 59.5 Å². The average molecular weight is 449 g/mol. The number of para-hydroxylation sites is 1. The van der Waals surface area contributed by atoms with Gasteiger partial charge >= 0.3 is 5.97 Å². The number of hydrogen-bond donors (Lipinski definition) is 0. The van der Waals surface area contributed by atoms with Gasteiger partial charge in [0.2, 0.25) is 0 Å². The SMILES string of the molecule is CC1(C)CC2CC(C)(CN2C(=O)COC(=O)c2ccccc2-c2nc3ccccc3s2)C1. The highest BCUT2D eigenvalue weighted by Gasteiger charge is 2.50. The number of hydrogen-bond acceptors (Lipinski definition) is 5. The molecule has 2 atom stereocenters. The second-order valence-electron chi connectivity index (χ2n) is 10.3. The van der Waals surface area contributed by atoms with E-state index in [2.05, 4.69) is 25.8 Å². The minimum atomic E-state index is -0.484. The van der Waals surface area contributed by atoms with Gasteiger partial charge in [-0.3, -0.25) is 4.79 Å². The molecule has 0 N–H and O–H groups in total.